The molecule has 0 spiro atoms. The standard InChI is InChI=1S/C12H14N2O3S/c1-12(10(15)13-11(18)14-12)8-6-7(16-2)4-5-9(8)17-3/h4-6H,1-3H3,(H2,13,14,15,18). The molecule has 1 atom stereocenters. The van der Waals surface area contributed by atoms with Crippen molar-refractivity contribution in [2.75, 3.05) is 14.2 Å². The van der Waals surface area contributed by atoms with Crippen LogP contribution in [0, 0.1) is 0 Å². The Morgan fingerprint density at radius 2 is 2.00 bits per heavy atom. The van der Waals surface area contributed by atoms with E-state index in [2.05, 4.69) is 10.6 Å². The first-order chi connectivity index (χ1) is 8.51. The summed E-state index contributed by atoms with van der Waals surface area (Å²) in [5.74, 6) is 1.05. The van der Waals surface area contributed by atoms with Crippen LogP contribution in [-0.4, -0.2) is 25.2 Å². The van der Waals surface area contributed by atoms with E-state index < -0.39 is 5.54 Å². The molecule has 1 fully saturated rings. The lowest BCUT2D eigenvalue weighted by atomic mass is 9.91. The largest absolute Gasteiger partial charge is 0.497 e. The minimum atomic E-state index is -0.947. The van der Waals surface area contributed by atoms with Crippen molar-refractivity contribution in [3.05, 3.63) is 23.8 Å². The number of methoxy groups -OCH3 is 2. The van der Waals surface area contributed by atoms with Gasteiger partial charge in [0, 0.05) is 5.56 Å². The Hall–Kier alpha value is -1.82. The molecule has 1 saturated heterocycles. The summed E-state index contributed by atoms with van der Waals surface area (Å²) in [6.07, 6.45) is 0. The van der Waals surface area contributed by atoms with Crippen molar-refractivity contribution in [1.82, 2.24) is 10.6 Å². The van der Waals surface area contributed by atoms with Gasteiger partial charge in [-0.05, 0) is 37.3 Å². The van der Waals surface area contributed by atoms with Gasteiger partial charge in [-0.2, -0.15) is 0 Å². The Kier molecular flexibility index (Phi) is 3.13. The van der Waals surface area contributed by atoms with Gasteiger partial charge in [-0.15, -0.1) is 0 Å². The van der Waals surface area contributed by atoms with Crippen LogP contribution in [0.1, 0.15) is 12.5 Å². The summed E-state index contributed by atoms with van der Waals surface area (Å²) in [5.41, 5.74) is -0.265. The Morgan fingerprint density at radius 1 is 1.28 bits per heavy atom. The van der Waals surface area contributed by atoms with Gasteiger partial charge in [-0.3, -0.25) is 4.79 Å². The second kappa shape index (κ2) is 4.45. The van der Waals surface area contributed by atoms with Crippen molar-refractivity contribution in [2.24, 2.45) is 0 Å². The normalized spacial score (nSPS) is 22.4. The first-order valence-corrected chi connectivity index (χ1v) is 5.78. The number of carbonyl (C=O) groups excluding carboxylic acids is 1. The molecule has 0 radical (unpaired) electrons. The van der Waals surface area contributed by atoms with Crippen LogP contribution in [0.5, 0.6) is 11.5 Å². The Labute approximate surface area is 110 Å². The lowest BCUT2D eigenvalue weighted by Crippen LogP contribution is -2.40. The van der Waals surface area contributed by atoms with Crippen LogP contribution in [0.15, 0.2) is 18.2 Å². The van der Waals surface area contributed by atoms with Gasteiger partial charge < -0.3 is 20.1 Å². The van der Waals surface area contributed by atoms with E-state index in [-0.39, 0.29) is 5.91 Å². The molecule has 6 heteroatoms. The maximum atomic E-state index is 12.0. The van der Waals surface area contributed by atoms with Crippen LogP contribution in [0.4, 0.5) is 0 Å². The van der Waals surface area contributed by atoms with E-state index >= 15 is 0 Å². The summed E-state index contributed by atoms with van der Waals surface area (Å²) in [5, 5.41) is 5.85. The number of rotatable bonds is 3. The third-order valence-corrected chi connectivity index (χ3v) is 3.19. The SMILES string of the molecule is COc1ccc(OC)c(C2(C)NC(=S)NC2=O)c1. The Bertz CT molecular complexity index is 518. The minimum absolute atomic E-state index is 0.209. The van der Waals surface area contributed by atoms with Gasteiger partial charge >= 0.3 is 0 Å². The van der Waals surface area contributed by atoms with Crippen LogP contribution in [0.2, 0.25) is 0 Å². The fourth-order valence-corrected chi connectivity index (χ4v) is 2.23. The monoisotopic (exact) mass is 266 g/mol. The van der Waals surface area contributed by atoms with Crippen molar-refractivity contribution < 1.29 is 14.3 Å². The topological polar surface area (TPSA) is 59.6 Å². The Morgan fingerprint density at radius 3 is 2.50 bits per heavy atom. The summed E-state index contributed by atoms with van der Waals surface area (Å²) >= 11 is 4.97. The van der Waals surface area contributed by atoms with E-state index in [1.165, 1.54) is 0 Å². The molecule has 1 amide bonds. The number of hydrogen-bond donors (Lipinski definition) is 2. The number of hydrogen-bond acceptors (Lipinski definition) is 4. The van der Waals surface area contributed by atoms with E-state index in [4.69, 9.17) is 21.7 Å². The van der Waals surface area contributed by atoms with Crippen LogP contribution < -0.4 is 20.1 Å². The number of thiocarbonyl (C=S) groups is 1. The molecule has 1 heterocycles. The van der Waals surface area contributed by atoms with Crippen molar-refractivity contribution in [3.63, 3.8) is 0 Å². The molecule has 96 valence electrons. The zero-order valence-electron chi connectivity index (χ0n) is 10.4. The van der Waals surface area contributed by atoms with E-state index in [1.54, 1.807) is 39.3 Å². The summed E-state index contributed by atoms with van der Waals surface area (Å²) in [6.45, 7) is 1.75. The van der Waals surface area contributed by atoms with Crippen LogP contribution in [0.3, 0.4) is 0 Å². The number of nitrogens with one attached hydrogen (secondary N) is 2. The molecule has 0 saturated carbocycles. The van der Waals surface area contributed by atoms with Crippen LogP contribution in [-0.2, 0) is 10.3 Å². The smallest absolute Gasteiger partial charge is 0.256 e. The molecule has 18 heavy (non-hydrogen) atoms. The average molecular weight is 266 g/mol. The van der Waals surface area contributed by atoms with E-state index in [9.17, 15) is 4.79 Å². The molecule has 2 rings (SSSR count). The highest BCUT2D eigenvalue weighted by Gasteiger charge is 2.43. The number of benzene rings is 1. The molecule has 5 nitrogen and oxygen atoms in total. The predicted octanol–water partition coefficient (Wildman–Crippen LogP) is 0.923. The van der Waals surface area contributed by atoms with Crippen molar-refractivity contribution in [3.8, 4) is 11.5 Å². The molecule has 1 aliphatic rings. The fourth-order valence-electron chi connectivity index (χ4n) is 1.94. The second-order valence-electron chi connectivity index (χ2n) is 4.10. The summed E-state index contributed by atoms with van der Waals surface area (Å²) < 4.78 is 10.5. The van der Waals surface area contributed by atoms with Crippen LogP contribution in [0.25, 0.3) is 0 Å². The van der Waals surface area contributed by atoms with Crippen molar-refractivity contribution in [1.29, 1.82) is 0 Å². The first kappa shape index (κ1) is 12.6. The van der Waals surface area contributed by atoms with Gasteiger partial charge in [0.05, 0.1) is 14.2 Å². The second-order valence-corrected chi connectivity index (χ2v) is 4.51. The van der Waals surface area contributed by atoms with E-state index in [1.807, 2.05) is 0 Å². The molecule has 2 N–H and O–H groups in total. The highest BCUT2D eigenvalue weighted by atomic mass is 32.1. The molecule has 1 unspecified atom stereocenters. The molecule has 0 aromatic heterocycles. The number of ether oxygens (including phenoxy) is 2. The Balaban J connectivity index is 2.55. The van der Waals surface area contributed by atoms with Gasteiger partial charge in [0.2, 0.25) is 0 Å². The van der Waals surface area contributed by atoms with Crippen LogP contribution >= 0.6 is 12.2 Å². The lowest BCUT2D eigenvalue weighted by molar-refractivity contribution is -0.123. The molecule has 1 aromatic carbocycles. The number of carbonyl (C=O) groups is 1. The summed E-state index contributed by atoms with van der Waals surface area (Å²) in [4.78, 5) is 12.0. The van der Waals surface area contributed by atoms with Gasteiger partial charge in [0.15, 0.2) is 5.11 Å². The molecular weight excluding hydrogens is 252 g/mol. The van der Waals surface area contributed by atoms with Crippen molar-refractivity contribution in [2.45, 2.75) is 12.5 Å². The summed E-state index contributed by atoms with van der Waals surface area (Å²) in [6, 6.07) is 5.30. The predicted molar refractivity (Wildman–Crippen MR) is 70.8 cm³/mol. The summed E-state index contributed by atoms with van der Waals surface area (Å²) in [7, 11) is 3.13. The molecule has 1 aromatic rings. The van der Waals surface area contributed by atoms with E-state index in [0.29, 0.717) is 22.2 Å². The van der Waals surface area contributed by atoms with Gasteiger partial charge in [-0.1, -0.05) is 0 Å². The molecule has 0 bridgehead atoms. The highest BCUT2D eigenvalue weighted by molar-refractivity contribution is 7.80. The van der Waals surface area contributed by atoms with Gasteiger partial charge in [0.25, 0.3) is 5.91 Å². The first-order valence-electron chi connectivity index (χ1n) is 5.37. The zero-order valence-corrected chi connectivity index (χ0v) is 11.2. The maximum absolute atomic E-state index is 12.0. The lowest BCUT2D eigenvalue weighted by Gasteiger charge is -2.24. The average Bonchev–Trinajstić information content (AvgIpc) is 2.63. The molecule has 0 aliphatic carbocycles. The number of amides is 1. The van der Waals surface area contributed by atoms with Gasteiger partial charge in [0.1, 0.15) is 17.0 Å². The molecular formula is C12H14N2O3S. The van der Waals surface area contributed by atoms with Crippen molar-refractivity contribution >= 4 is 23.2 Å². The maximum Gasteiger partial charge on any atom is 0.256 e. The van der Waals surface area contributed by atoms with Gasteiger partial charge in [-0.25, -0.2) is 0 Å². The molecule has 1 aliphatic heterocycles. The zero-order chi connectivity index (χ0) is 13.3. The quantitative estimate of drug-likeness (QED) is 0.797. The fraction of sp³-hybridized carbons (Fsp3) is 0.333. The highest BCUT2D eigenvalue weighted by Crippen LogP contribution is 2.34. The minimum Gasteiger partial charge on any atom is -0.497 e. The van der Waals surface area contributed by atoms with E-state index in [0.717, 1.165) is 0 Å². The third kappa shape index (κ3) is 1.88. The third-order valence-electron chi connectivity index (χ3n) is 2.99.